The number of rotatable bonds is 3. The summed E-state index contributed by atoms with van der Waals surface area (Å²) < 4.78 is 0. The normalized spacial score (nSPS) is 38.7. The Kier molecular flexibility index (Phi) is 3.09. The van der Waals surface area contributed by atoms with Crippen LogP contribution in [0.15, 0.2) is 0 Å². The molecule has 3 atom stereocenters. The summed E-state index contributed by atoms with van der Waals surface area (Å²) in [6, 6.07) is 0.750. The van der Waals surface area contributed by atoms with Gasteiger partial charge in [0.25, 0.3) is 0 Å². The van der Waals surface area contributed by atoms with E-state index < -0.39 is 5.97 Å². The number of piperidine rings is 1. The molecule has 0 spiro atoms. The third-order valence-corrected chi connectivity index (χ3v) is 4.65. The van der Waals surface area contributed by atoms with Crippen LogP contribution in [-0.2, 0) is 4.79 Å². The molecule has 4 heteroatoms. The molecule has 0 amide bonds. The van der Waals surface area contributed by atoms with Gasteiger partial charge in [0.05, 0.1) is 5.92 Å². The molecule has 0 bridgehead atoms. The van der Waals surface area contributed by atoms with Crippen LogP contribution in [0.3, 0.4) is 0 Å². The van der Waals surface area contributed by atoms with Crippen LogP contribution >= 0.6 is 0 Å². The molecule has 1 aliphatic carbocycles. The molecule has 0 aromatic rings. The predicted molar refractivity (Wildman–Crippen MR) is 64.9 cm³/mol. The quantitative estimate of drug-likeness (QED) is 0.792. The molecule has 0 aromatic heterocycles. The number of carboxylic acid groups (broad SMARTS) is 1. The van der Waals surface area contributed by atoms with E-state index in [-0.39, 0.29) is 5.92 Å². The molecule has 1 saturated carbocycles. The van der Waals surface area contributed by atoms with Crippen molar-refractivity contribution in [2.45, 2.75) is 31.7 Å². The van der Waals surface area contributed by atoms with Crippen molar-refractivity contribution in [3.63, 3.8) is 0 Å². The molecule has 96 valence electrons. The van der Waals surface area contributed by atoms with Crippen LogP contribution in [0, 0.1) is 11.8 Å². The van der Waals surface area contributed by atoms with E-state index in [0.29, 0.717) is 5.92 Å². The number of hydrogen-bond donors (Lipinski definition) is 1. The van der Waals surface area contributed by atoms with Crippen molar-refractivity contribution in [3.8, 4) is 0 Å². The van der Waals surface area contributed by atoms with E-state index in [2.05, 4.69) is 9.80 Å². The maximum absolute atomic E-state index is 10.8. The van der Waals surface area contributed by atoms with E-state index in [1.54, 1.807) is 0 Å². The average molecular weight is 238 g/mol. The molecule has 3 aliphatic rings. The van der Waals surface area contributed by atoms with E-state index in [1.165, 1.54) is 38.9 Å². The summed E-state index contributed by atoms with van der Waals surface area (Å²) in [4.78, 5) is 15.9. The zero-order valence-corrected chi connectivity index (χ0v) is 10.3. The summed E-state index contributed by atoms with van der Waals surface area (Å²) in [5, 5.41) is 8.91. The molecule has 3 rings (SSSR count). The van der Waals surface area contributed by atoms with Crippen molar-refractivity contribution >= 4 is 5.97 Å². The smallest absolute Gasteiger partial charge is 0.306 e. The molecule has 3 unspecified atom stereocenters. The molecule has 2 saturated heterocycles. The Morgan fingerprint density at radius 2 is 2.12 bits per heavy atom. The molecule has 1 N–H and O–H groups in total. The Morgan fingerprint density at radius 3 is 2.88 bits per heavy atom. The Labute approximate surface area is 103 Å². The van der Waals surface area contributed by atoms with Gasteiger partial charge in [-0.3, -0.25) is 9.69 Å². The van der Waals surface area contributed by atoms with E-state index in [4.69, 9.17) is 5.11 Å². The first kappa shape index (κ1) is 11.5. The number of hydrogen-bond acceptors (Lipinski definition) is 3. The molecular weight excluding hydrogens is 216 g/mol. The fraction of sp³-hybridized carbons (Fsp3) is 0.923. The van der Waals surface area contributed by atoms with Crippen LogP contribution < -0.4 is 0 Å². The molecule has 17 heavy (non-hydrogen) atoms. The molecular formula is C13H22N2O2. The summed E-state index contributed by atoms with van der Waals surface area (Å²) in [5.74, 6) is -0.201. The van der Waals surface area contributed by atoms with Gasteiger partial charge >= 0.3 is 5.97 Å². The van der Waals surface area contributed by atoms with Gasteiger partial charge in [-0.2, -0.15) is 0 Å². The van der Waals surface area contributed by atoms with Gasteiger partial charge in [-0.1, -0.05) is 6.42 Å². The molecule has 3 fully saturated rings. The zero-order chi connectivity index (χ0) is 11.8. The Hall–Kier alpha value is -0.610. The summed E-state index contributed by atoms with van der Waals surface area (Å²) in [5.41, 5.74) is 0. The standard InChI is InChI=1S/C13H22N2O2/c16-13(17)12-7-10(12)8-14-5-6-15-4-2-1-3-11(15)9-14/h10-12H,1-9H2,(H,16,17). The number of piperazine rings is 1. The van der Waals surface area contributed by atoms with Crippen molar-refractivity contribution < 1.29 is 9.90 Å². The van der Waals surface area contributed by atoms with Gasteiger partial charge < -0.3 is 10.0 Å². The lowest BCUT2D eigenvalue weighted by Crippen LogP contribution is -2.55. The van der Waals surface area contributed by atoms with Crippen molar-refractivity contribution in [1.82, 2.24) is 9.80 Å². The van der Waals surface area contributed by atoms with E-state index >= 15 is 0 Å². The minimum absolute atomic E-state index is 0.0422. The highest BCUT2D eigenvalue weighted by Crippen LogP contribution is 2.39. The molecule has 2 heterocycles. The van der Waals surface area contributed by atoms with Crippen molar-refractivity contribution in [2.75, 3.05) is 32.7 Å². The summed E-state index contributed by atoms with van der Waals surface area (Å²) in [7, 11) is 0. The van der Waals surface area contributed by atoms with Crippen LogP contribution in [-0.4, -0.2) is 59.6 Å². The lowest BCUT2D eigenvalue weighted by atomic mass is 9.99. The first-order valence-electron chi connectivity index (χ1n) is 6.93. The lowest BCUT2D eigenvalue weighted by molar-refractivity contribution is -0.138. The van der Waals surface area contributed by atoms with Gasteiger partial charge in [-0.05, 0) is 31.7 Å². The molecule has 2 aliphatic heterocycles. The van der Waals surface area contributed by atoms with Crippen LogP contribution in [0.4, 0.5) is 0 Å². The monoisotopic (exact) mass is 238 g/mol. The molecule has 0 radical (unpaired) electrons. The van der Waals surface area contributed by atoms with Gasteiger partial charge in [-0.15, -0.1) is 0 Å². The summed E-state index contributed by atoms with van der Waals surface area (Å²) in [6.07, 6.45) is 4.97. The van der Waals surface area contributed by atoms with Gasteiger partial charge in [-0.25, -0.2) is 0 Å². The maximum atomic E-state index is 10.8. The Balaban J connectivity index is 1.48. The van der Waals surface area contributed by atoms with Crippen LogP contribution in [0.5, 0.6) is 0 Å². The third-order valence-electron chi connectivity index (χ3n) is 4.65. The third kappa shape index (κ3) is 2.47. The molecule has 0 aromatic carbocycles. The van der Waals surface area contributed by atoms with E-state index in [9.17, 15) is 4.79 Å². The van der Waals surface area contributed by atoms with Gasteiger partial charge in [0.2, 0.25) is 0 Å². The topological polar surface area (TPSA) is 43.8 Å². The minimum atomic E-state index is -0.591. The van der Waals surface area contributed by atoms with Crippen LogP contribution in [0.2, 0.25) is 0 Å². The first-order valence-corrected chi connectivity index (χ1v) is 6.93. The summed E-state index contributed by atoms with van der Waals surface area (Å²) in [6.45, 7) is 5.79. The largest absolute Gasteiger partial charge is 0.481 e. The second-order valence-electron chi connectivity index (χ2n) is 5.89. The second-order valence-corrected chi connectivity index (χ2v) is 5.89. The van der Waals surface area contributed by atoms with Gasteiger partial charge in [0.1, 0.15) is 0 Å². The van der Waals surface area contributed by atoms with E-state index in [1.807, 2.05) is 0 Å². The number of nitrogens with zero attached hydrogens (tertiary/aromatic N) is 2. The zero-order valence-electron chi connectivity index (χ0n) is 10.3. The SMILES string of the molecule is O=C(O)C1CC1CN1CCN2CCCCC2C1. The minimum Gasteiger partial charge on any atom is -0.481 e. The first-order chi connectivity index (χ1) is 8.24. The average Bonchev–Trinajstić information content (AvgIpc) is 3.08. The fourth-order valence-electron chi connectivity index (χ4n) is 3.47. The Bertz CT molecular complexity index is 308. The highest BCUT2D eigenvalue weighted by molar-refractivity contribution is 5.73. The number of carboxylic acids is 1. The Morgan fingerprint density at radius 1 is 1.24 bits per heavy atom. The molecule has 4 nitrogen and oxygen atoms in total. The van der Waals surface area contributed by atoms with Crippen molar-refractivity contribution in [2.24, 2.45) is 11.8 Å². The predicted octanol–water partition coefficient (Wildman–Crippen LogP) is 0.877. The van der Waals surface area contributed by atoms with Crippen LogP contribution in [0.1, 0.15) is 25.7 Å². The number of fused-ring (bicyclic) bond motifs is 1. The lowest BCUT2D eigenvalue weighted by Gasteiger charge is -2.44. The number of aliphatic carboxylic acids is 1. The van der Waals surface area contributed by atoms with Crippen molar-refractivity contribution in [1.29, 1.82) is 0 Å². The number of carbonyl (C=O) groups is 1. The van der Waals surface area contributed by atoms with Gasteiger partial charge in [0.15, 0.2) is 0 Å². The summed E-state index contributed by atoms with van der Waals surface area (Å²) >= 11 is 0. The fourth-order valence-corrected chi connectivity index (χ4v) is 3.47. The van der Waals surface area contributed by atoms with Gasteiger partial charge in [0, 0.05) is 32.2 Å². The maximum Gasteiger partial charge on any atom is 0.306 e. The van der Waals surface area contributed by atoms with Crippen molar-refractivity contribution in [3.05, 3.63) is 0 Å². The second kappa shape index (κ2) is 4.58. The van der Waals surface area contributed by atoms with Crippen LogP contribution in [0.25, 0.3) is 0 Å². The highest BCUT2D eigenvalue weighted by Gasteiger charge is 2.44. The highest BCUT2D eigenvalue weighted by atomic mass is 16.4. The van der Waals surface area contributed by atoms with E-state index in [0.717, 1.165) is 25.6 Å².